The molecule has 0 spiro atoms. The molecule has 2 heterocycles. The smallest absolute Gasteiger partial charge is 0.223 e. The molecule has 0 radical (unpaired) electrons. The van der Waals surface area contributed by atoms with Gasteiger partial charge in [0.2, 0.25) is 5.91 Å². The predicted molar refractivity (Wildman–Crippen MR) is 105 cm³/mol. The van der Waals surface area contributed by atoms with E-state index in [1.165, 1.54) is 11.1 Å². The number of nitrogens with zero attached hydrogens (tertiary/aromatic N) is 3. The largest absolute Gasteiger partial charge is 0.340 e. The van der Waals surface area contributed by atoms with E-state index in [-0.39, 0.29) is 5.91 Å². The van der Waals surface area contributed by atoms with Crippen molar-refractivity contribution in [3.8, 4) is 0 Å². The quantitative estimate of drug-likeness (QED) is 0.870. The molecule has 1 saturated heterocycles. The van der Waals surface area contributed by atoms with E-state index in [9.17, 15) is 4.79 Å². The summed E-state index contributed by atoms with van der Waals surface area (Å²) in [6.45, 7) is 8.51. The maximum Gasteiger partial charge on any atom is 0.223 e. The summed E-state index contributed by atoms with van der Waals surface area (Å²) in [5, 5.41) is 7.28. The number of piperazine rings is 1. The summed E-state index contributed by atoms with van der Waals surface area (Å²) < 4.78 is 0. The lowest BCUT2D eigenvalue weighted by atomic mass is 10.1. The molecular weight excluding hydrogens is 324 g/mol. The maximum atomic E-state index is 12.5. The zero-order chi connectivity index (χ0) is 18.4. The van der Waals surface area contributed by atoms with E-state index in [0.29, 0.717) is 6.42 Å². The van der Waals surface area contributed by atoms with Crippen LogP contribution in [0.1, 0.15) is 28.9 Å². The standard InChI is InChI=1S/C21H28N4O/c1-17-18(2)22-23-20(17)10-11-21(26)25-15-13-24(14-16-25)12-6-9-19-7-4-3-5-8-19/h3-9H,10-16H2,1-2H3,(H,22,23)/b9-6+. The number of amides is 1. The molecule has 1 aromatic carbocycles. The van der Waals surface area contributed by atoms with Gasteiger partial charge in [-0.25, -0.2) is 0 Å². The number of hydrogen-bond donors (Lipinski definition) is 1. The van der Waals surface area contributed by atoms with Crippen molar-refractivity contribution < 1.29 is 4.79 Å². The first-order valence-electron chi connectivity index (χ1n) is 9.35. The van der Waals surface area contributed by atoms with E-state index in [1.54, 1.807) is 0 Å². The molecule has 26 heavy (non-hydrogen) atoms. The summed E-state index contributed by atoms with van der Waals surface area (Å²) in [4.78, 5) is 16.8. The van der Waals surface area contributed by atoms with Crippen LogP contribution in [-0.4, -0.2) is 58.6 Å². The summed E-state index contributed by atoms with van der Waals surface area (Å²) in [5.74, 6) is 0.240. The minimum Gasteiger partial charge on any atom is -0.340 e. The molecule has 3 rings (SSSR count). The van der Waals surface area contributed by atoms with Crippen LogP contribution in [-0.2, 0) is 11.2 Å². The van der Waals surface area contributed by atoms with E-state index in [1.807, 2.05) is 17.9 Å². The molecule has 2 aromatic rings. The summed E-state index contributed by atoms with van der Waals surface area (Å²) >= 11 is 0. The molecule has 0 aliphatic carbocycles. The molecule has 1 aromatic heterocycles. The lowest BCUT2D eigenvalue weighted by molar-refractivity contribution is -0.132. The Kier molecular flexibility index (Phi) is 6.23. The molecule has 1 amide bonds. The summed E-state index contributed by atoms with van der Waals surface area (Å²) in [6.07, 6.45) is 5.62. The molecule has 1 aliphatic rings. The van der Waals surface area contributed by atoms with E-state index < -0.39 is 0 Å². The van der Waals surface area contributed by atoms with Crippen LogP contribution in [0.3, 0.4) is 0 Å². The Bertz CT molecular complexity index is 743. The minimum absolute atomic E-state index is 0.240. The molecule has 1 N–H and O–H groups in total. The molecular formula is C21H28N4O. The zero-order valence-electron chi connectivity index (χ0n) is 15.7. The number of H-pyrrole nitrogens is 1. The summed E-state index contributed by atoms with van der Waals surface area (Å²) in [5.41, 5.74) is 4.50. The van der Waals surface area contributed by atoms with Crippen LogP contribution in [0.4, 0.5) is 0 Å². The average molecular weight is 352 g/mol. The molecule has 0 unspecified atom stereocenters. The number of carbonyl (C=O) groups excluding carboxylic acids is 1. The van der Waals surface area contributed by atoms with E-state index >= 15 is 0 Å². The highest BCUT2D eigenvalue weighted by atomic mass is 16.2. The van der Waals surface area contributed by atoms with Gasteiger partial charge in [0.1, 0.15) is 0 Å². The van der Waals surface area contributed by atoms with Gasteiger partial charge < -0.3 is 4.90 Å². The van der Waals surface area contributed by atoms with Crippen LogP contribution in [0, 0.1) is 13.8 Å². The van der Waals surface area contributed by atoms with Gasteiger partial charge in [-0.05, 0) is 25.0 Å². The van der Waals surface area contributed by atoms with Crippen LogP contribution >= 0.6 is 0 Å². The molecule has 0 atom stereocenters. The van der Waals surface area contributed by atoms with Crippen LogP contribution < -0.4 is 0 Å². The predicted octanol–water partition coefficient (Wildman–Crippen LogP) is 2.82. The second-order valence-electron chi connectivity index (χ2n) is 6.91. The summed E-state index contributed by atoms with van der Waals surface area (Å²) in [6, 6.07) is 10.3. The highest BCUT2D eigenvalue weighted by Crippen LogP contribution is 2.12. The van der Waals surface area contributed by atoms with Gasteiger partial charge in [-0.15, -0.1) is 0 Å². The van der Waals surface area contributed by atoms with Gasteiger partial charge in [0.05, 0.1) is 5.69 Å². The Hall–Kier alpha value is -2.40. The Morgan fingerprint density at radius 1 is 1.15 bits per heavy atom. The number of hydrogen-bond acceptors (Lipinski definition) is 3. The molecule has 1 aliphatic heterocycles. The zero-order valence-corrected chi connectivity index (χ0v) is 15.7. The fourth-order valence-corrected chi connectivity index (χ4v) is 3.24. The van der Waals surface area contributed by atoms with Crippen molar-refractivity contribution >= 4 is 12.0 Å². The maximum absolute atomic E-state index is 12.5. The Labute approximate surface area is 155 Å². The lowest BCUT2D eigenvalue weighted by Gasteiger charge is -2.34. The molecule has 138 valence electrons. The topological polar surface area (TPSA) is 52.2 Å². The normalized spacial score (nSPS) is 15.7. The average Bonchev–Trinajstić information content (AvgIpc) is 2.99. The Balaban J connectivity index is 1.39. The first-order chi connectivity index (χ1) is 12.6. The van der Waals surface area contributed by atoms with Crippen molar-refractivity contribution in [1.82, 2.24) is 20.0 Å². The number of carbonyl (C=O) groups is 1. The number of aromatic amines is 1. The van der Waals surface area contributed by atoms with Crippen LogP contribution in [0.5, 0.6) is 0 Å². The number of rotatable bonds is 6. The Morgan fingerprint density at radius 2 is 1.88 bits per heavy atom. The van der Waals surface area contributed by atoms with Crippen molar-refractivity contribution in [3.05, 3.63) is 58.9 Å². The lowest BCUT2D eigenvalue weighted by Crippen LogP contribution is -2.48. The van der Waals surface area contributed by atoms with Crippen molar-refractivity contribution in [3.63, 3.8) is 0 Å². The van der Waals surface area contributed by atoms with Crippen molar-refractivity contribution in [2.24, 2.45) is 0 Å². The van der Waals surface area contributed by atoms with Gasteiger partial charge in [0.25, 0.3) is 0 Å². The van der Waals surface area contributed by atoms with Crippen LogP contribution in [0.15, 0.2) is 36.4 Å². The van der Waals surface area contributed by atoms with E-state index in [4.69, 9.17) is 0 Å². The summed E-state index contributed by atoms with van der Waals surface area (Å²) in [7, 11) is 0. The van der Waals surface area contributed by atoms with Gasteiger partial charge in [0, 0.05) is 51.3 Å². The van der Waals surface area contributed by atoms with Gasteiger partial charge in [0.15, 0.2) is 0 Å². The first-order valence-corrected chi connectivity index (χ1v) is 9.35. The Morgan fingerprint density at radius 3 is 2.54 bits per heavy atom. The van der Waals surface area contributed by atoms with Crippen molar-refractivity contribution in [1.29, 1.82) is 0 Å². The van der Waals surface area contributed by atoms with E-state index in [0.717, 1.165) is 50.5 Å². The third kappa shape index (κ3) is 4.82. The molecule has 5 nitrogen and oxygen atoms in total. The number of nitrogens with one attached hydrogen (secondary N) is 1. The van der Waals surface area contributed by atoms with Gasteiger partial charge in [-0.1, -0.05) is 42.5 Å². The van der Waals surface area contributed by atoms with Crippen molar-refractivity contribution in [2.75, 3.05) is 32.7 Å². The highest BCUT2D eigenvalue weighted by molar-refractivity contribution is 5.76. The van der Waals surface area contributed by atoms with E-state index in [2.05, 4.69) is 58.4 Å². The third-order valence-corrected chi connectivity index (χ3v) is 5.13. The second-order valence-corrected chi connectivity index (χ2v) is 6.91. The van der Waals surface area contributed by atoms with Crippen LogP contribution in [0.2, 0.25) is 0 Å². The first kappa shape index (κ1) is 18.4. The molecule has 0 bridgehead atoms. The molecule has 1 fully saturated rings. The molecule has 5 heteroatoms. The fraction of sp³-hybridized carbons (Fsp3) is 0.429. The van der Waals surface area contributed by atoms with Crippen molar-refractivity contribution in [2.45, 2.75) is 26.7 Å². The second kappa shape index (κ2) is 8.81. The number of aryl methyl sites for hydroxylation is 2. The third-order valence-electron chi connectivity index (χ3n) is 5.13. The van der Waals surface area contributed by atoms with Gasteiger partial charge in [-0.3, -0.25) is 14.8 Å². The molecule has 0 saturated carbocycles. The SMILES string of the molecule is Cc1[nH]nc(CCC(=O)N2CCN(C/C=C/c3ccccc3)CC2)c1C. The fourth-order valence-electron chi connectivity index (χ4n) is 3.24. The van der Waals surface area contributed by atoms with Crippen LogP contribution in [0.25, 0.3) is 6.08 Å². The monoisotopic (exact) mass is 352 g/mol. The number of aromatic nitrogens is 2. The van der Waals surface area contributed by atoms with Gasteiger partial charge in [-0.2, -0.15) is 5.10 Å². The number of benzene rings is 1. The van der Waals surface area contributed by atoms with Gasteiger partial charge >= 0.3 is 0 Å². The minimum atomic E-state index is 0.240. The highest BCUT2D eigenvalue weighted by Gasteiger charge is 2.20.